The molecule has 0 saturated heterocycles. The fraction of sp³-hybridized carbons (Fsp3) is 0.389. The number of unbranched alkanes of at least 4 members (excludes halogenated alkanes) is 4. The molecule has 0 bridgehead atoms. The highest BCUT2D eigenvalue weighted by atomic mass is 16.5. The van der Waals surface area contributed by atoms with Crippen molar-refractivity contribution < 1.29 is 9.53 Å². The van der Waals surface area contributed by atoms with Gasteiger partial charge in [0.1, 0.15) is 5.75 Å². The Balaban J connectivity index is 1.89. The molecule has 0 aliphatic rings. The maximum Gasteiger partial charge on any atom is 0.233 e. The lowest BCUT2D eigenvalue weighted by atomic mass is 10.1. The van der Waals surface area contributed by atoms with Gasteiger partial charge in [0.25, 0.3) is 0 Å². The van der Waals surface area contributed by atoms with Crippen molar-refractivity contribution in [2.24, 2.45) is 0 Å². The van der Waals surface area contributed by atoms with Crippen LogP contribution in [0.3, 0.4) is 0 Å². The van der Waals surface area contributed by atoms with Gasteiger partial charge in [0.15, 0.2) is 0 Å². The van der Waals surface area contributed by atoms with E-state index in [1.165, 1.54) is 25.7 Å². The summed E-state index contributed by atoms with van der Waals surface area (Å²) in [4.78, 5) is 10.6. The summed E-state index contributed by atoms with van der Waals surface area (Å²) in [6, 6.07) is 11.5. The predicted octanol–water partition coefficient (Wildman–Crippen LogP) is 4.65. The van der Waals surface area contributed by atoms with Gasteiger partial charge >= 0.3 is 0 Å². The highest BCUT2D eigenvalue weighted by molar-refractivity contribution is 5.89. The second-order valence-electron chi connectivity index (χ2n) is 5.09. The van der Waals surface area contributed by atoms with E-state index in [0.717, 1.165) is 29.5 Å². The number of hydrogen-bond acceptors (Lipinski definition) is 2. The Kier molecular flexibility index (Phi) is 5.60. The highest BCUT2D eigenvalue weighted by Crippen LogP contribution is 2.22. The van der Waals surface area contributed by atoms with Crippen LogP contribution in [0.2, 0.25) is 0 Å². The van der Waals surface area contributed by atoms with Crippen molar-refractivity contribution in [1.82, 2.24) is 0 Å². The average Bonchev–Trinajstić information content (AvgIpc) is 2.50. The van der Waals surface area contributed by atoms with Crippen molar-refractivity contribution in [2.75, 3.05) is 6.61 Å². The lowest BCUT2D eigenvalue weighted by molar-refractivity contribution is 0.305. The fourth-order valence-corrected chi connectivity index (χ4v) is 2.27. The van der Waals surface area contributed by atoms with E-state index in [9.17, 15) is 4.79 Å². The van der Waals surface area contributed by atoms with Crippen molar-refractivity contribution in [3.8, 4) is 5.75 Å². The summed E-state index contributed by atoms with van der Waals surface area (Å²) in [6.45, 7) is 2.99. The van der Waals surface area contributed by atoms with Gasteiger partial charge in [-0.1, -0.05) is 50.8 Å². The number of benzene rings is 2. The van der Waals surface area contributed by atoms with Crippen molar-refractivity contribution in [1.29, 1.82) is 0 Å². The lowest BCUT2D eigenvalue weighted by Gasteiger charge is -2.07. The topological polar surface area (TPSA) is 26.3 Å². The van der Waals surface area contributed by atoms with Gasteiger partial charge in [-0.25, -0.2) is 0 Å². The van der Waals surface area contributed by atoms with Crippen molar-refractivity contribution in [3.63, 3.8) is 0 Å². The van der Waals surface area contributed by atoms with E-state index < -0.39 is 0 Å². The Morgan fingerprint density at radius 3 is 2.50 bits per heavy atom. The van der Waals surface area contributed by atoms with E-state index in [0.29, 0.717) is 5.56 Å². The second-order valence-corrected chi connectivity index (χ2v) is 5.09. The number of ether oxygens (including phenoxy) is 1. The Morgan fingerprint density at radius 1 is 0.950 bits per heavy atom. The number of fused-ring (bicyclic) bond motifs is 1. The summed E-state index contributed by atoms with van der Waals surface area (Å²) in [5.74, 6) is 0.899. The molecule has 0 N–H and O–H groups in total. The van der Waals surface area contributed by atoms with Crippen molar-refractivity contribution in [3.05, 3.63) is 42.0 Å². The minimum atomic E-state index is 0.585. The molecule has 2 aromatic rings. The molecule has 0 aliphatic heterocycles. The molecule has 1 radical (unpaired) electrons. The SMILES string of the molecule is CCCCCCCOc1ccc2cc([C]=O)ccc2c1. The monoisotopic (exact) mass is 269 g/mol. The summed E-state index contributed by atoms with van der Waals surface area (Å²) >= 11 is 0. The first-order valence-electron chi connectivity index (χ1n) is 7.38. The molecule has 2 heteroatoms. The summed E-state index contributed by atoms with van der Waals surface area (Å²) in [5, 5.41) is 2.13. The molecule has 20 heavy (non-hydrogen) atoms. The largest absolute Gasteiger partial charge is 0.494 e. The van der Waals surface area contributed by atoms with Crippen LogP contribution in [0.5, 0.6) is 5.75 Å². The van der Waals surface area contributed by atoms with Gasteiger partial charge in [-0.15, -0.1) is 0 Å². The molecule has 0 aliphatic carbocycles. The molecule has 0 saturated carbocycles. The van der Waals surface area contributed by atoms with Crippen LogP contribution < -0.4 is 4.74 Å². The summed E-state index contributed by atoms with van der Waals surface area (Å²) in [5.41, 5.74) is 0.585. The zero-order valence-corrected chi connectivity index (χ0v) is 12.0. The van der Waals surface area contributed by atoms with Gasteiger partial charge in [0.2, 0.25) is 6.29 Å². The first-order valence-corrected chi connectivity index (χ1v) is 7.38. The van der Waals surface area contributed by atoms with Crippen LogP contribution in [0.1, 0.15) is 44.6 Å². The normalized spacial score (nSPS) is 10.7. The lowest BCUT2D eigenvalue weighted by Crippen LogP contribution is -1.97. The van der Waals surface area contributed by atoms with E-state index in [-0.39, 0.29) is 0 Å². The molecule has 0 amide bonds. The molecule has 2 rings (SSSR count). The van der Waals surface area contributed by atoms with Crippen LogP contribution in [0.15, 0.2) is 36.4 Å². The first kappa shape index (κ1) is 14.6. The first-order chi connectivity index (χ1) is 9.83. The average molecular weight is 269 g/mol. The van der Waals surface area contributed by atoms with Crippen LogP contribution >= 0.6 is 0 Å². The van der Waals surface area contributed by atoms with Crippen molar-refractivity contribution in [2.45, 2.75) is 39.0 Å². The van der Waals surface area contributed by atoms with E-state index in [1.54, 1.807) is 6.07 Å². The third-order valence-electron chi connectivity index (χ3n) is 3.45. The van der Waals surface area contributed by atoms with E-state index in [1.807, 2.05) is 36.6 Å². The minimum Gasteiger partial charge on any atom is -0.494 e. The molecule has 0 aromatic heterocycles. The summed E-state index contributed by atoms with van der Waals surface area (Å²) < 4.78 is 5.77. The molecular weight excluding hydrogens is 248 g/mol. The Labute approximate surface area is 120 Å². The van der Waals surface area contributed by atoms with Crippen molar-refractivity contribution >= 4 is 17.1 Å². The fourth-order valence-electron chi connectivity index (χ4n) is 2.27. The molecular formula is C18H21O2. The van der Waals surface area contributed by atoms with Gasteiger partial charge in [-0.3, -0.25) is 4.79 Å². The van der Waals surface area contributed by atoms with Gasteiger partial charge in [0.05, 0.1) is 6.61 Å². The van der Waals surface area contributed by atoms with Gasteiger partial charge in [-0.05, 0) is 35.4 Å². The molecule has 2 nitrogen and oxygen atoms in total. The summed E-state index contributed by atoms with van der Waals surface area (Å²) in [6.07, 6.45) is 8.13. The number of carbonyl (C=O) groups excluding carboxylic acids is 1. The molecule has 0 atom stereocenters. The third-order valence-corrected chi connectivity index (χ3v) is 3.45. The van der Waals surface area contributed by atoms with Gasteiger partial charge in [-0.2, -0.15) is 0 Å². The summed E-state index contributed by atoms with van der Waals surface area (Å²) in [7, 11) is 0. The van der Waals surface area contributed by atoms with E-state index in [2.05, 4.69) is 6.92 Å². The zero-order valence-electron chi connectivity index (χ0n) is 12.0. The Morgan fingerprint density at radius 2 is 1.70 bits per heavy atom. The van der Waals surface area contributed by atoms with Crippen LogP contribution in [-0.2, 0) is 4.79 Å². The smallest absolute Gasteiger partial charge is 0.233 e. The second kappa shape index (κ2) is 7.68. The minimum absolute atomic E-state index is 0.585. The number of rotatable bonds is 8. The highest BCUT2D eigenvalue weighted by Gasteiger charge is 1.99. The third kappa shape index (κ3) is 4.09. The number of hydrogen-bond donors (Lipinski definition) is 0. The molecule has 105 valence electrons. The van der Waals surface area contributed by atoms with Gasteiger partial charge < -0.3 is 4.74 Å². The Bertz CT molecular complexity index is 560. The maximum absolute atomic E-state index is 10.6. The maximum atomic E-state index is 10.6. The van der Waals surface area contributed by atoms with Crippen LogP contribution in [-0.4, -0.2) is 12.9 Å². The van der Waals surface area contributed by atoms with E-state index >= 15 is 0 Å². The Hall–Kier alpha value is -1.83. The molecule has 2 aromatic carbocycles. The zero-order chi connectivity index (χ0) is 14.2. The standard InChI is InChI=1S/C18H21O2/c1-2-3-4-5-6-11-20-18-10-9-16-12-15(14-19)7-8-17(16)13-18/h7-10,12-13H,2-6,11H2,1H3. The van der Waals surface area contributed by atoms with E-state index in [4.69, 9.17) is 4.74 Å². The van der Waals surface area contributed by atoms with Crippen LogP contribution in [0, 0.1) is 0 Å². The molecule has 0 heterocycles. The molecule has 0 spiro atoms. The van der Waals surface area contributed by atoms with Gasteiger partial charge in [0, 0.05) is 5.56 Å². The van der Waals surface area contributed by atoms with Crippen LogP contribution in [0.25, 0.3) is 10.8 Å². The predicted molar refractivity (Wildman–Crippen MR) is 83.0 cm³/mol. The molecule has 0 unspecified atom stereocenters. The van der Waals surface area contributed by atoms with Crippen LogP contribution in [0.4, 0.5) is 0 Å². The molecule has 0 fully saturated rings. The quantitative estimate of drug-likeness (QED) is 0.652.